The Kier molecular flexibility index (Phi) is 6.87. The fourth-order valence-electron chi connectivity index (χ4n) is 3.35. The van der Waals surface area contributed by atoms with Crippen molar-refractivity contribution >= 4 is 26.8 Å². The zero-order valence-corrected chi connectivity index (χ0v) is 19.4. The lowest BCUT2D eigenvalue weighted by molar-refractivity contribution is -0.141. The number of carbonyl (C=O) groups is 1. The normalized spacial score (nSPS) is 13.1. The molecule has 0 aliphatic rings. The van der Waals surface area contributed by atoms with Gasteiger partial charge in [0.05, 0.1) is 11.7 Å². The number of hydrogen-bond donors (Lipinski definition) is 1. The number of aromatic nitrogens is 3. The van der Waals surface area contributed by atoms with Gasteiger partial charge >= 0.3 is 6.18 Å². The minimum absolute atomic E-state index is 0.0727. The van der Waals surface area contributed by atoms with E-state index in [9.17, 15) is 30.8 Å². The molecule has 0 aliphatic carbocycles. The molecule has 8 nitrogen and oxygen atoms in total. The van der Waals surface area contributed by atoms with Crippen LogP contribution in [-0.4, -0.2) is 35.2 Å². The molecule has 0 saturated carbocycles. The van der Waals surface area contributed by atoms with Crippen LogP contribution in [0.2, 0.25) is 0 Å². The number of halogens is 4. The molecule has 0 saturated heterocycles. The van der Waals surface area contributed by atoms with E-state index < -0.39 is 44.6 Å². The maximum Gasteiger partial charge on any atom is 0.433 e. The largest absolute Gasteiger partial charge is 0.443 e. The van der Waals surface area contributed by atoms with Crippen LogP contribution < -0.4 is 4.72 Å². The van der Waals surface area contributed by atoms with E-state index in [0.717, 1.165) is 30.5 Å². The third-order valence-corrected chi connectivity index (χ3v) is 6.63. The Bertz CT molecular complexity index is 1520. The molecule has 4 aromatic rings. The molecule has 1 aromatic carbocycles. The van der Waals surface area contributed by atoms with Gasteiger partial charge < -0.3 is 4.42 Å². The highest BCUT2D eigenvalue weighted by Crippen LogP contribution is 2.28. The van der Waals surface area contributed by atoms with Crippen molar-refractivity contribution in [3.63, 3.8) is 0 Å². The first-order valence-electron chi connectivity index (χ1n) is 10.5. The van der Waals surface area contributed by atoms with E-state index in [1.54, 1.807) is 0 Å². The van der Waals surface area contributed by atoms with Gasteiger partial charge in [-0.15, -0.1) is 0 Å². The summed E-state index contributed by atoms with van der Waals surface area (Å²) in [5.41, 5.74) is 0.243. The summed E-state index contributed by atoms with van der Waals surface area (Å²) in [6.07, 6.45) is -2.24. The van der Waals surface area contributed by atoms with Gasteiger partial charge in [-0.05, 0) is 49.7 Å². The topological polar surface area (TPSA) is 115 Å². The van der Waals surface area contributed by atoms with Crippen molar-refractivity contribution in [1.82, 2.24) is 19.7 Å². The van der Waals surface area contributed by atoms with Gasteiger partial charge in [0, 0.05) is 35.3 Å². The first-order valence-corrected chi connectivity index (χ1v) is 12.0. The molecule has 4 rings (SSSR count). The molecular formula is C23H18F4N4O4S. The van der Waals surface area contributed by atoms with Crippen LogP contribution in [0.25, 0.3) is 22.2 Å². The van der Waals surface area contributed by atoms with Crippen LogP contribution >= 0.6 is 0 Å². The SMILES string of the molecule is CC(NS(=O)(=O)c1cc2cc(F)ccc2o1)C(=O)CCc1cc(-c2ccc(C(F)(F)F)nc2)ncn1. The second kappa shape index (κ2) is 9.74. The average molecular weight is 522 g/mol. The van der Waals surface area contributed by atoms with Crippen molar-refractivity contribution in [2.45, 2.75) is 37.1 Å². The molecule has 0 aliphatic heterocycles. The molecule has 36 heavy (non-hydrogen) atoms. The standard InChI is InChI=1S/C23H18F4N4O4S/c1-13(31-36(33,34)22-9-15-8-16(24)3-6-20(15)35-22)19(32)5-4-17-10-18(30-12-29-17)14-2-7-21(28-11-14)23(25,26)27/h2-3,6-13,31H,4-5H2,1H3. The molecule has 13 heteroatoms. The van der Waals surface area contributed by atoms with Gasteiger partial charge in [-0.2, -0.15) is 17.9 Å². The smallest absolute Gasteiger partial charge is 0.433 e. The van der Waals surface area contributed by atoms with Gasteiger partial charge in [0.2, 0.25) is 5.09 Å². The lowest BCUT2D eigenvalue weighted by Crippen LogP contribution is -2.38. The number of fused-ring (bicyclic) bond motifs is 1. The highest BCUT2D eigenvalue weighted by Gasteiger charge is 2.32. The van der Waals surface area contributed by atoms with Crippen LogP contribution in [0.4, 0.5) is 17.6 Å². The zero-order valence-electron chi connectivity index (χ0n) is 18.6. The maximum absolute atomic E-state index is 13.4. The lowest BCUT2D eigenvalue weighted by Gasteiger charge is -2.12. The minimum Gasteiger partial charge on any atom is -0.443 e. The van der Waals surface area contributed by atoms with Gasteiger partial charge in [0.1, 0.15) is 23.4 Å². The Morgan fingerprint density at radius 2 is 1.86 bits per heavy atom. The Morgan fingerprint density at radius 1 is 1.08 bits per heavy atom. The number of ketones is 1. The number of aryl methyl sites for hydroxylation is 1. The summed E-state index contributed by atoms with van der Waals surface area (Å²) in [7, 11) is -4.19. The first kappa shape index (κ1) is 25.4. The number of carbonyl (C=O) groups excluding carboxylic acids is 1. The van der Waals surface area contributed by atoms with Crippen molar-refractivity contribution in [3.05, 3.63) is 72.2 Å². The van der Waals surface area contributed by atoms with Gasteiger partial charge in [-0.25, -0.2) is 22.8 Å². The number of nitrogens with zero attached hydrogens (tertiary/aromatic N) is 3. The Balaban J connectivity index is 1.39. The summed E-state index contributed by atoms with van der Waals surface area (Å²) in [5.74, 6) is -0.983. The first-order chi connectivity index (χ1) is 16.9. The van der Waals surface area contributed by atoms with Crippen molar-refractivity contribution in [2.75, 3.05) is 0 Å². The zero-order chi connectivity index (χ0) is 26.1. The van der Waals surface area contributed by atoms with Crippen molar-refractivity contribution in [3.8, 4) is 11.3 Å². The Morgan fingerprint density at radius 3 is 2.56 bits per heavy atom. The number of benzene rings is 1. The fourth-order valence-corrected chi connectivity index (χ4v) is 4.55. The van der Waals surface area contributed by atoms with Gasteiger partial charge in [0.25, 0.3) is 10.0 Å². The number of sulfonamides is 1. The molecular weight excluding hydrogens is 504 g/mol. The monoisotopic (exact) mass is 522 g/mol. The molecule has 3 aromatic heterocycles. The quantitative estimate of drug-likeness (QED) is 0.343. The third-order valence-electron chi connectivity index (χ3n) is 5.24. The second-order valence-corrected chi connectivity index (χ2v) is 9.53. The molecule has 3 heterocycles. The number of nitrogens with one attached hydrogen (secondary N) is 1. The molecule has 1 unspecified atom stereocenters. The summed E-state index contributed by atoms with van der Waals surface area (Å²) in [6, 6.07) is 7.21. The molecule has 0 fully saturated rings. The van der Waals surface area contributed by atoms with E-state index in [0.29, 0.717) is 17.0 Å². The Labute approximate surface area is 202 Å². The van der Waals surface area contributed by atoms with Crippen LogP contribution in [0.3, 0.4) is 0 Å². The number of pyridine rings is 1. The van der Waals surface area contributed by atoms with E-state index >= 15 is 0 Å². The molecule has 0 radical (unpaired) electrons. The molecule has 0 spiro atoms. The van der Waals surface area contributed by atoms with Gasteiger partial charge in [0.15, 0.2) is 5.78 Å². The maximum atomic E-state index is 13.4. The van der Waals surface area contributed by atoms with Crippen molar-refractivity contribution < 1.29 is 35.2 Å². The van der Waals surface area contributed by atoms with Gasteiger partial charge in [-0.1, -0.05) is 0 Å². The lowest BCUT2D eigenvalue weighted by atomic mass is 10.1. The molecule has 0 bridgehead atoms. The van der Waals surface area contributed by atoms with Gasteiger partial charge in [-0.3, -0.25) is 9.78 Å². The van der Waals surface area contributed by atoms with Crippen molar-refractivity contribution in [2.24, 2.45) is 0 Å². The molecule has 188 valence electrons. The van der Waals surface area contributed by atoms with E-state index in [-0.39, 0.29) is 23.8 Å². The predicted molar refractivity (Wildman–Crippen MR) is 120 cm³/mol. The number of alkyl halides is 3. The van der Waals surface area contributed by atoms with Crippen LogP contribution in [0.15, 0.2) is 64.5 Å². The summed E-state index contributed by atoms with van der Waals surface area (Å²) in [4.78, 5) is 24.0. The van der Waals surface area contributed by atoms with Crippen molar-refractivity contribution in [1.29, 1.82) is 0 Å². The molecule has 1 N–H and O–H groups in total. The summed E-state index contributed by atoms with van der Waals surface area (Å²) >= 11 is 0. The minimum atomic E-state index is -4.56. The van der Waals surface area contributed by atoms with Crippen LogP contribution in [0.1, 0.15) is 24.7 Å². The van der Waals surface area contributed by atoms with Crippen LogP contribution in [0.5, 0.6) is 0 Å². The Hall–Kier alpha value is -3.71. The predicted octanol–water partition coefficient (Wildman–Crippen LogP) is 4.31. The second-order valence-electron chi connectivity index (χ2n) is 7.88. The average Bonchev–Trinajstić information content (AvgIpc) is 3.26. The van der Waals surface area contributed by atoms with Crippen LogP contribution in [-0.2, 0) is 27.4 Å². The van der Waals surface area contributed by atoms with E-state index in [4.69, 9.17) is 4.42 Å². The number of Topliss-reactive ketones (excluding diaryl/α,β-unsaturated/α-hetero) is 1. The number of furan rings is 1. The van der Waals surface area contributed by atoms with Crippen LogP contribution in [0, 0.1) is 5.82 Å². The summed E-state index contributed by atoms with van der Waals surface area (Å²) < 4.78 is 84.2. The summed E-state index contributed by atoms with van der Waals surface area (Å²) in [6.45, 7) is 1.38. The molecule has 1 atom stereocenters. The molecule has 0 amide bonds. The van der Waals surface area contributed by atoms with E-state index in [2.05, 4.69) is 19.7 Å². The highest BCUT2D eigenvalue weighted by molar-refractivity contribution is 7.89. The number of rotatable bonds is 8. The number of hydrogen-bond acceptors (Lipinski definition) is 7. The third kappa shape index (κ3) is 5.74. The highest BCUT2D eigenvalue weighted by atomic mass is 32.2. The fraction of sp³-hybridized carbons (Fsp3) is 0.217. The summed E-state index contributed by atoms with van der Waals surface area (Å²) in [5, 5.41) is -0.189. The van der Waals surface area contributed by atoms with E-state index in [1.165, 1.54) is 31.5 Å². The van der Waals surface area contributed by atoms with E-state index in [1.807, 2.05) is 0 Å².